The van der Waals surface area contributed by atoms with E-state index >= 15 is 0 Å². The van der Waals surface area contributed by atoms with E-state index in [0.717, 1.165) is 31.6 Å². The van der Waals surface area contributed by atoms with Gasteiger partial charge in [0.15, 0.2) is 0 Å². The zero-order valence-electron chi connectivity index (χ0n) is 17.2. The van der Waals surface area contributed by atoms with Crippen molar-refractivity contribution in [1.29, 1.82) is 0 Å². The van der Waals surface area contributed by atoms with E-state index < -0.39 is 0 Å². The topological polar surface area (TPSA) is 61.4 Å². The number of anilines is 1. The van der Waals surface area contributed by atoms with E-state index in [-0.39, 0.29) is 24.1 Å². The molecule has 6 heteroatoms. The van der Waals surface area contributed by atoms with Crippen LogP contribution < -0.4 is 15.5 Å². The smallest absolute Gasteiger partial charge is 0.251 e. The van der Waals surface area contributed by atoms with Gasteiger partial charge < -0.3 is 15.5 Å². The molecule has 156 valence electrons. The van der Waals surface area contributed by atoms with Crippen LogP contribution in [-0.4, -0.2) is 38.0 Å². The van der Waals surface area contributed by atoms with E-state index in [4.69, 9.17) is 0 Å². The van der Waals surface area contributed by atoms with Crippen LogP contribution in [0.2, 0.25) is 0 Å². The largest absolute Gasteiger partial charge is 0.372 e. The van der Waals surface area contributed by atoms with Gasteiger partial charge in [-0.3, -0.25) is 9.59 Å². The fourth-order valence-electron chi connectivity index (χ4n) is 3.02. The molecule has 0 saturated heterocycles. The molecule has 0 bridgehead atoms. The molecule has 0 spiro atoms. The highest BCUT2D eigenvalue weighted by molar-refractivity contribution is 5.94. The molecule has 2 aromatic carbocycles. The minimum atomic E-state index is -0.360. The summed E-state index contributed by atoms with van der Waals surface area (Å²) >= 11 is 0. The molecule has 2 N–H and O–H groups in total. The van der Waals surface area contributed by atoms with Gasteiger partial charge in [-0.15, -0.1) is 0 Å². The number of rotatable bonds is 11. The predicted octanol–water partition coefficient (Wildman–Crippen LogP) is 3.54. The number of unbranched alkanes of at least 4 members (excludes halogenated alkanes) is 1. The van der Waals surface area contributed by atoms with E-state index in [2.05, 4.69) is 29.4 Å². The van der Waals surface area contributed by atoms with Crippen molar-refractivity contribution in [3.63, 3.8) is 0 Å². The van der Waals surface area contributed by atoms with Crippen molar-refractivity contribution < 1.29 is 14.0 Å². The average Bonchev–Trinajstić information content (AvgIpc) is 2.72. The van der Waals surface area contributed by atoms with Gasteiger partial charge in [-0.2, -0.15) is 0 Å². The summed E-state index contributed by atoms with van der Waals surface area (Å²) in [6.07, 6.45) is 2.40. The Morgan fingerprint density at radius 2 is 1.72 bits per heavy atom. The summed E-state index contributed by atoms with van der Waals surface area (Å²) in [6, 6.07) is 13.5. The number of nitrogens with one attached hydrogen (secondary N) is 2. The fourth-order valence-corrected chi connectivity index (χ4v) is 3.02. The second-order valence-corrected chi connectivity index (χ2v) is 6.89. The Hall–Kier alpha value is -2.89. The molecular formula is C23H30FN3O2. The lowest BCUT2D eigenvalue weighted by Gasteiger charge is -2.23. The van der Waals surface area contributed by atoms with Crippen LogP contribution in [0.25, 0.3) is 0 Å². The molecule has 0 aromatic heterocycles. The summed E-state index contributed by atoms with van der Waals surface area (Å²) in [4.78, 5) is 26.4. The molecule has 0 aliphatic carbocycles. The lowest BCUT2D eigenvalue weighted by molar-refractivity contribution is -0.120. The highest BCUT2D eigenvalue weighted by Crippen LogP contribution is 2.16. The Bertz CT molecular complexity index is 793. The summed E-state index contributed by atoms with van der Waals surface area (Å²) in [7, 11) is 0. The maximum absolute atomic E-state index is 13.1. The van der Waals surface area contributed by atoms with Crippen molar-refractivity contribution in [1.82, 2.24) is 10.6 Å². The first kappa shape index (κ1) is 22.4. The number of amides is 2. The summed E-state index contributed by atoms with van der Waals surface area (Å²) in [5.41, 5.74) is 2.32. The number of carbonyl (C=O) groups is 2. The Morgan fingerprint density at radius 1 is 1.00 bits per heavy atom. The highest BCUT2D eigenvalue weighted by atomic mass is 19.1. The summed E-state index contributed by atoms with van der Waals surface area (Å²) in [5.74, 6) is -0.741. The minimum Gasteiger partial charge on any atom is -0.372 e. The third-order valence-corrected chi connectivity index (χ3v) is 4.64. The first-order valence-corrected chi connectivity index (χ1v) is 10.2. The standard InChI is InChI=1S/C23H30FN3O2/c1-3-5-15-27(4-2)21-11-9-19(10-12-21)23(29)26-14-13-25-22(28)17-18-7-6-8-20(24)16-18/h6-12,16H,3-5,13-15,17H2,1-2H3,(H,25,28)(H,26,29). The van der Waals surface area contributed by atoms with Crippen molar-refractivity contribution in [2.45, 2.75) is 33.1 Å². The molecule has 5 nitrogen and oxygen atoms in total. The normalized spacial score (nSPS) is 10.4. The van der Waals surface area contributed by atoms with Crippen molar-refractivity contribution in [2.75, 3.05) is 31.1 Å². The van der Waals surface area contributed by atoms with Gasteiger partial charge in [-0.05, 0) is 55.3 Å². The monoisotopic (exact) mass is 399 g/mol. The van der Waals surface area contributed by atoms with Gasteiger partial charge in [-0.1, -0.05) is 25.5 Å². The first-order valence-electron chi connectivity index (χ1n) is 10.2. The number of carbonyl (C=O) groups excluding carboxylic acids is 2. The summed E-state index contributed by atoms with van der Waals surface area (Å²) < 4.78 is 13.1. The van der Waals surface area contributed by atoms with Crippen LogP contribution in [0.3, 0.4) is 0 Å². The second kappa shape index (κ2) is 11.8. The van der Waals surface area contributed by atoms with Gasteiger partial charge in [-0.25, -0.2) is 4.39 Å². The molecule has 0 atom stereocenters. The number of hydrogen-bond acceptors (Lipinski definition) is 3. The van der Waals surface area contributed by atoms with E-state index in [0.29, 0.717) is 24.2 Å². The van der Waals surface area contributed by atoms with Gasteiger partial charge in [0.25, 0.3) is 5.91 Å². The summed E-state index contributed by atoms with van der Waals surface area (Å²) in [6.45, 7) is 6.88. The Morgan fingerprint density at radius 3 is 2.38 bits per heavy atom. The minimum absolute atomic E-state index is 0.110. The quantitative estimate of drug-likeness (QED) is 0.568. The molecule has 0 heterocycles. The van der Waals surface area contributed by atoms with Crippen LogP contribution in [0.15, 0.2) is 48.5 Å². The van der Waals surface area contributed by atoms with Gasteiger partial charge in [0.05, 0.1) is 6.42 Å². The molecule has 2 aromatic rings. The molecule has 0 aliphatic heterocycles. The molecule has 0 radical (unpaired) electrons. The fraction of sp³-hybridized carbons (Fsp3) is 0.391. The third kappa shape index (κ3) is 7.56. The average molecular weight is 400 g/mol. The van der Waals surface area contributed by atoms with Crippen molar-refractivity contribution in [3.8, 4) is 0 Å². The van der Waals surface area contributed by atoms with Crippen LogP contribution in [0.4, 0.5) is 10.1 Å². The van der Waals surface area contributed by atoms with Crippen molar-refractivity contribution >= 4 is 17.5 Å². The number of hydrogen-bond donors (Lipinski definition) is 2. The zero-order chi connectivity index (χ0) is 21.1. The molecule has 0 aliphatic rings. The van der Waals surface area contributed by atoms with E-state index in [1.54, 1.807) is 12.1 Å². The lowest BCUT2D eigenvalue weighted by Crippen LogP contribution is -2.35. The molecule has 2 rings (SSSR count). The SMILES string of the molecule is CCCCN(CC)c1ccc(C(=O)NCCNC(=O)Cc2cccc(F)c2)cc1. The van der Waals surface area contributed by atoms with E-state index in [1.807, 2.05) is 24.3 Å². The van der Waals surface area contributed by atoms with Gasteiger partial charge in [0.2, 0.25) is 5.91 Å². The van der Waals surface area contributed by atoms with Gasteiger partial charge in [0, 0.05) is 37.4 Å². The molecule has 29 heavy (non-hydrogen) atoms. The maximum Gasteiger partial charge on any atom is 0.251 e. The Labute approximate surface area is 172 Å². The van der Waals surface area contributed by atoms with Crippen LogP contribution >= 0.6 is 0 Å². The number of nitrogens with zero attached hydrogens (tertiary/aromatic N) is 1. The Balaban J connectivity index is 1.74. The maximum atomic E-state index is 13.1. The molecule has 2 amide bonds. The van der Waals surface area contributed by atoms with Crippen LogP contribution in [0, 0.1) is 5.82 Å². The van der Waals surface area contributed by atoms with Crippen LogP contribution in [-0.2, 0) is 11.2 Å². The Kier molecular flexibility index (Phi) is 9.15. The van der Waals surface area contributed by atoms with Crippen molar-refractivity contribution in [3.05, 3.63) is 65.5 Å². The molecule has 0 fully saturated rings. The summed E-state index contributed by atoms with van der Waals surface area (Å²) in [5, 5.41) is 5.52. The molecular weight excluding hydrogens is 369 g/mol. The third-order valence-electron chi connectivity index (χ3n) is 4.64. The lowest BCUT2D eigenvalue weighted by atomic mass is 10.1. The van der Waals surface area contributed by atoms with Crippen LogP contribution in [0.5, 0.6) is 0 Å². The van der Waals surface area contributed by atoms with Gasteiger partial charge >= 0.3 is 0 Å². The van der Waals surface area contributed by atoms with E-state index in [1.165, 1.54) is 12.1 Å². The highest BCUT2D eigenvalue weighted by Gasteiger charge is 2.08. The second-order valence-electron chi connectivity index (χ2n) is 6.89. The number of benzene rings is 2. The van der Waals surface area contributed by atoms with Crippen LogP contribution in [0.1, 0.15) is 42.6 Å². The predicted molar refractivity (Wildman–Crippen MR) is 115 cm³/mol. The first-order chi connectivity index (χ1) is 14.0. The molecule has 0 unspecified atom stereocenters. The van der Waals surface area contributed by atoms with E-state index in [9.17, 15) is 14.0 Å². The van der Waals surface area contributed by atoms with Gasteiger partial charge in [0.1, 0.15) is 5.82 Å². The van der Waals surface area contributed by atoms with Crippen molar-refractivity contribution in [2.24, 2.45) is 0 Å². The molecule has 0 saturated carbocycles. The zero-order valence-corrected chi connectivity index (χ0v) is 17.2. The number of halogens is 1.